The maximum atomic E-state index is 13.9. The molecule has 3 aliphatic heterocycles. The molecular weight excluding hydrogens is 674 g/mol. The number of methoxy groups -OCH3 is 1. The Hall–Kier alpha value is -1.36. The number of carbonyl (C=O) groups excluding carboxylic acids is 2. The van der Waals surface area contributed by atoms with Crippen LogP contribution in [-0.2, 0) is 17.6 Å². The van der Waals surface area contributed by atoms with Crippen LogP contribution in [0.2, 0.25) is 0 Å². The van der Waals surface area contributed by atoms with E-state index < -0.39 is 24.4 Å². The highest BCUT2D eigenvalue weighted by molar-refractivity contribution is 9.11. The smallest absolute Gasteiger partial charge is 0.350 e. The van der Waals surface area contributed by atoms with Gasteiger partial charge in [-0.2, -0.15) is 0 Å². The van der Waals surface area contributed by atoms with Crippen LogP contribution in [0.5, 0.6) is 0 Å². The first-order valence-electron chi connectivity index (χ1n) is 11.8. The van der Waals surface area contributed by atoms with Crippen LogP contribution in [-0.4, -0.2) is 93.0 Å². The van der Waals surface area contributed by atoms with E-state index in [1.807, 2.05) is 4.90 Å². The molecule has 38 heavy (non-hydrogen) atoms. The number of hydrogen-bond acceptors (Lipinski definition) is 10. The first kappa shape index (κ1) is 29.6. The zero-order valence-electron chi connectivity index (χ0n) is 20.4. The fourth-order valence-corrected chi connectivity index (χ4v) is 8.49. The molecule has 210 valence electrons. The van der Waals surface area contributed by atoms with Gasteiger partial charge in [-0.05, 0) is 31.9 Å². The third-order valence-electron chi connectivity index (χ3n) is 6.44. The summed E-state index contributed by atoms with van der Waals surface area (Å²) in [5.41, 5.74) is 8.89. The molecule has 0 spiro atoms. The van der Waals surface area contributed by atoms with Gasteiger partial charge >= 0.3 is 5.97 Å². The largest absolute Gasteiger partial charge is 0.465 e. The lowest BCUT2D eigenvalue weighted by Crippen LogP contribution is -2.46. The molecule has 5 heterocycles. The Morgan fingerprint density at radius 2 is 1.76 bits per heavy atom. The zero-order chi connectivity index (χ0) is 27.7. The molecule has 0 fully saturated rings. The van der Waals surface area contributed by atoms with Crippen LogP contribution >= 0.6 is 54.5 Å². The van der Waals surface area contributed by atoms with Crippen LogP contribution in [0, 0.1) is 0 Å². The minimum Gasteiger partial charge on any atom is -0.465 e. The van der Waals surface area contributed by atoms with Crippen LogP contribution in [0.25, 0.3) is 0 Å². The van der Waals surface area contributed by atoms with Crippen molar-refractivity contribution in [2.75, 3.05) is 56.3 Å². The highest BCUT2D eigenvalue weighted by Crippen LogP contribution is 2.45. The van der Waals surface area contributed by atoms with Crippen LogP contribution < -0.4 is 20.9 Å². The van der Waals surface area contributed by atoms with E-state index in [2.05, 4.69) is 37.2 Å². The predicted molar refractivity (Wildman–Crippen MR) is 150 cm³/mol. The second-order valence-corrected chi connectivity index (χ2v) is 13.9. The van der Waals surface area contributed by atoms with E-state index in [1.165, 1.54) is 29.8 Å². The molecule has 5 N–H and O–H groups in total. The molecule has 9 nitrogen and oxygen atoms in total. The molecule has 5 rings (SSSR count). The van der Waals surface area contributed by atoms with Gasteiger partial charge in [-0.3, -0.25) is 4.79 Å². The van der Waals surface area contributed by atoms with E-state index in [1.54, 1.807) is 4.90 Å². The van der Waals surface area contributed by atoms with Crippen LogP contribution in [0.15, 0.2) is 7.57 Å². The van der Waals surface area contributed by atoms with Crippen molar-refractivity contribution >= 4 is 77.8 Å². The summed E-state index contributed by atoms with van der Waals surface area (Å²) in [5, 5.41) is 21.1. The third kappa shape index (κ3) is 6.03. The van der Waals surface area contributed by atoms with E-state index >= 15 is 0 Å². The molecule has 0 unspecified atom stereocenters. The molecule has 0 saturated heterocycles. The van der Waals surface area contributed by atoms with E-state index in [0.717, 1.165) is 24.4 Å². The number of halogens is 4. The number of anilines is 2. The van der Waals surface area contributed by atoms with Gasteiger partial charge in [0.2, 0.25) is 0 Å². The van der Waals surface area contributed by atoms with E-state index in [9.17, 15) is 23.5 Å². The number of nitrogens with two attached hydrogens (primary N) is 1. The summed E-state index contributed by atoms with van der Waals surface area (Å²) in [5.74, 6) is -0.627. The fraction of sp³-hybridized carbons (Fsp3) is 0.565. The monoisotopic (exact) mass is 700 g/mol. The Morgan fingerprint density at radius 1 is 1.13 bits per heavy atom. The van der Waals surface area contributed by atoms with Gasteiger partial charge in [-0.25, -0.2) is 13.6 Å². The van der Waals surface area contributed by atoms with Crippen molar-refractivity contribution in [2.24, 2.45) is 5.73 Å². The van der Waals surface area contributed by atoms with Gasteiger partial charge in [0, 0.05) is 56.2 Å². The summed E-state index contributed by atoms with van der Waals surface area (Å²) in [7, 11) is 1.31. The average molecular weight is 702 g/mol. The van der Waals surface area contributed by atoms with Crippen LogP contribution in [0.4, 0.5) is 20.2 Å². The molecule has 3 aliphatic rings. The summed E-state index contributed by atoms with van der Waals surface area (Å²) >= 11 is 9.35. The number of carbonyl (C=O) groups is 2. The van der Waals surface area contributed by atoms with Gasteiger partial charge in [0.15, 0.2) is 0 Å². The van der Waals surface area contributed by atoms with E-state index in [4.69, 9.17) is 15.6 Å². The molecule has 1 amide bonds. The highest BCUT2D eigenvalue weighted by Gasteiger charge is 2.37. The molecule has 0 radical (unpaired) electrons. The second-order valence-electron chi connectivity index (χ2n) is 9.26. The lowest BCUT2D eigenvalue weighted by atomic mass is 10.0. The number of nitrogens with zero attached hydrogens (tertiary/aromatic N) is 2. The second kappa shape index (κ2) is 12.4. The Bertz CT molecular complexity index is 1200. The number of aliphatic hydroxyl groups is 2. The first-order chi connectivity index (χ1) is 18.1. The van der Waals surface area contributed by atoms with Crippen molar-refractivity contribution < 1.29 is 33.3 Å². The lowest BCUT2D eigenvalue weighted by molar-refractivity contribution is 0.0606. The van der Waals surface area contributed by atoms with Crippen molar-refractivity contribution in [3.05, 3.63) is 28.5 Å². The van der Waals surface area contributed by atoms with Gasteiger partial charge in [0.25, 0.3) is 5.91 Å². The Balaban J connectivity index is 0.000000178. The summed E-state index contributed by atoms with van der Waals surface area (Å²) in [4.78, 5) is 28.5. The van der Waals surface area contributed by atoms with Crippen molar-refractivity contribution in [1.82, 2.24) is 5.32 Å². The number of fused-ring (bicyclic) bond motifs is 1. The van der Waals surface area contributed by atoms with Crippen molar-refractivity contribution in [3.63, 3.8) is 0 Å². The number of hydrogen-bond donors (Lipinski definition) is 4. The number of rotatable bonds is 5. The number of nitrogens with one attached hydrogen (secondary N) is 1. The SMILES string of the molecule is COC(=O)c1sc(Br)c2c1N(C[C@@H](N)CO)C[C@@H](F)C2.O=C1N[C@@H](CO)CN2C[C@@H](F)Cc3c(Br)sc1c32. The molecule has 0 aromatic carbocycles. The quantitative estimate of drug-likeness (QED) is 0.351. The maximum Gasteiger partial charge on any atom is 0.350 e. The lowest BCUT2D eigenvalue weighted by Gasteiger charge is -2.33. The van der Waals surface area contributed by atoms with Gasteiger partial charge < -0.3 is 35.8 Å². The summed E-state index contributed by atoms with van der Waals surface area (Å²) in [6.45, 7) is 0.859. The summed E-state index contributed by atoms with van der Waals surface area (Å²) < 4.78 is 33.9. The van der Waals surface area contributed by atoms with E-state index in [0.29, 0.717) is 28.4 Å². The Morgan fingerprint density at radius 3 is 2.39 bits per heavy atom. The number of thiophene rings is 2. The predicted octanol–water partition coefficient (Wildman–Crippen LogP) is 2.63. The number of alkyl halides is 2. The molecule has 0 saturated carbocycles. The minimum absolute atomic E-state index is 0.134. The molecule has 2 aromatic rings. The standard InChI is InChI=1S/C12H16BrFN2O3S.C11H12BrFN2O2S/c1-19-12(18)10-9-8(11(13)20-10)2-6(14)3-16(9)4-7(15)5-17;12-10-7-1-5(13)2-15-3-6(4-16)14-11(17)9(18-10)8(7)15/h6-7,17H,2-5,15H2,1H3;5-6,16H,1-4H2,(H,14,17)/t6-,7+;5-,6+/m00/s1. The maximum absolute atomic E-state index is 13.9. The minimum atomic E-state index is -1.02. The van der Waals surface area contributed by atoms with Crippen molar-refractivity contribution in [1.29, 1.82) is 0 Å². The summed E-state index contributed by atoms with van der Waals surface area (Å²) in [6, 6.07) is -0.827. The van der Waals surface area contributed by atoms with Gasteiger partial charge in [-0.15, -0.1) is 22.7 Å². The normalized spacial score (nSPS) is 22.9. The number of amides is 1. The number of aliphatic hydroxyl groups excluding tert-OH is 2. The first-order valence-corrected chi connectivity index (χ1v) is 15.1. The molecule has 0 aliphatic carbocycles. The fourth-order valence-electron chi connectivity index (χ4n) is 4.84. The zero-order valence-corrected chi connectivity index (χ0v) is 25.2. The van der Waals surface area contributed by atoms with Gasteiger partial charge in [-0.1, -0.05) is 0 Å². The third-order valence-corrected chi connectivity index (χ3v) is 10.4. The van der Waals surface area contributed by atoms with Gasteiger partial charge in [0.05, 0.1) is 45.3 Å². The topological polar surface area (TPSA) is 128 Å². The average Bonchev–Trinajstić information content (AvgIpc) is 3.35. The molecule has 15 heteroatoms. The molecule has 2 aromatic heterocycles. The molecule has 4 atom stereocenters. The van der Waals surface area contributed by atoms with Gasteiger partial charge in [0.1, 0.15) is 22.1 Å². The van der Waals surface area contributed by atoms with Crippen molar-refractivity contribution in [3.8, 4) is 0 Å². The number of ether oxygens (including phenoxy) is 1. The van der Waals surface area contributed by atoms with E-state index in [-0.39, 0.29) is 51.2 Å². The Labute approximate surface area is 243 Å². The Kier molecular flexibility index (Phi) is 9.69. The molecular formula is C23H28Br2F2N4O5S2. The number of esters is 1. The molecule has 0 bridgehead atoms. The summed E-state index contributed by atoms with van der Waals surface area (Å²) in [6.07, 6.45) is -1.34. The van der Waals surface area contributed by atoms with Crippen molar-refractivity contribution in [2.45, 2.75) is 37.3 Å². The van der Waals surface area contributed by atoms with Crippen LogP contribution in [0.1, 0.15) is 30.5 Å². The highest BCUT2D eigenvalue weighted by atomic mass is 79.9. The van der Waals surface area contributed by atoms with Crippen LogP contribution in [0.3, 0.4) is 0 Å².